The SMILES string of the molecule is OO.[AlH3].[H-].[Li+]. The average Bonchev–Trinajstić information content (AvgIpc) is 1.00. The van der Waals surface area contributed by atoms with Crippen molar-refractivity contribution in [1.29, 1.82) is 0 Å². The van der Waals surface area contributed by atoms with Gasteiger partial charge < -0.3 is 1.43 Å². The van der Waals surface area contributed by atoms with E-state index in [9.17, 15) is 0 Å². The molecule has 0 unspecified atom stereocenters. The molecule has 0 aromatic carbocycles. The molecular weight excluding hydrogens is 65.9 g/mol. The third kappa shape index (κ3) is 11.6. The Labute approximate surface area is 48.5 Å². The van der Waals surface area contributed by atoms with Gasteiger partial charge >= 0.3 is 18.9 Å². The van der Waals surface area contributed by atoms with Crippen LogP contribution in [0.15, 0.2) is 0 Å². The Bertz CT molecular complexity index is 9.61. The van der Waals surface area contributed by atoms with Gasteiger partial charge in [0.15, 0.2) is 17.4 Å². The molecule has 0 aromatic rings. The van der Waals surface area contributed by atoms with Crippen molar-refractivity contribution in [3.8, 4) is 0 Å². The molecule has 0 aliphatic rings. The number of hydrogen-bond acceptors (Lipinski definition) is 2. The first-order valence-corrected chi connectivity index (χ1v) is 0.200. The van der Waals surface area contributed by atoms with Crippen LogP contribution in [0.2, 0.25) is 0 Å². The zero-order chi connectivity index (χ0) is 2.00. The standard InChI is InChI=1S/Al.Li.H2O2.4H/c;;1-2;;;;/h;;1-2H;;;;/q;+1;;;;;-1. The van der Waals surface area contributed by atoms with Crippen LogP contribution in [0.25, 0.3) is 0 Å². The van der Waals surface area contributed by atoms with Crippen molar-refractivity contribution >= 4 is 17.4 Å². The molecule has 0 atom stereocenters. The summed E-state index contributed by atoms with van der Waals surface area (Å²) >= 11 is 0. The van der Waals surface area contributed by atoms with E-state index in [1.165, 1.54) is 0 Å². The molecule has 0 radical (unpaired) electrons. The van der Waals surface area contributed by atoms with Crippen molar-refractivity contribution in [3.05, 3.63) is 0 Å². The minimum atomic E-state index is 0. The molecule has 2 nitrogen and oxygen atoms in total. The molecule has 0 saturated carbocycles. The predicted molar refractivity (Wildman–Crippen MR) is 16.3 cm³/mol. The molecule has 0 heterocycles. The van der Waals surface area contributed by atoms with E-state index < -0.39 is 0 Å². The van der Waals surface area contributed by atoms with Crippen LogP contribution < -0.4 is 18.9 Å². The summed E-state index contributed by atoms with van der Waals surface area (Å²) in [5.74, 6) is 0. The van der Waals surface area contributed by atoms with Crippen LogP contribution >= 0.6 is 0 Å². The van der Waals surface area contributed by atoms with Crippen molar-refractivity contribution in [2.24, 2.45) is 0 Å². The molecule has 0 rings (SSSR count). The molecule has 4 heteroatoms. The Morgan fingerprint density at radius 1 is 1.25 bits per heavy atom. The van der Waals surface area contributed by atoms with Crippen molar-refractivity contribution in [3.63, 3.8) is 0 Å². The summed E-state index contributed by atoms with van der Waals surface area (Å²) in [6.45, 7) is 0. The van der Waals surface area contributed by atoms with E-state index in [4.69, 9.17) is 10.5 Å². The summed E-state index contributed by atoms with van der Waals surface area (Å²) in [6.07, 6.45) is 0. The maximum atomic E-state index is 6.00. The van der Waals surface area contributed by atoms with Gasteiger partial charge in [-0.15, -0.1) is 0 Å². The van der Waals surface area contributed by atoms with Crippen molar-refractivity contribution < 1.29 is 30.8 Å². The molecular formula is H6AlLiO2. The maximum absolute atomic E-state index is 6.00. The number of rotatable bonds is 0. The van der Waals surface area contributed by atoms with Crippen molar-refractivity contribution in [2.75, 3.05) is 0 Å². The molecule has 0 aliphatic carbocycles. The Morgan fingerprint density at radius 2 is 1.25 bits per heavy atom. The minimum absolute atomic E-state index is 0. The van der Waals surface area contributed by atoms with E-state index in [0.717, 1.165) is 0 Å². The third-order valence-electron chi connectivity index (χ3n) is 0. The second kappa shape index (κ2) is 34.2. The molecule has 0 amide bonds. The molecule has 0 bridgehead atoms. The fourth-order valence-corrected chi connectivity index (χ4v) is 0. The van der Waals surface area contributed by atoms with Crippen LogP contribution in [0.5, 0.6) is 0 Å². The van der Waals surface area contributed by atoms with Crippen molar-refractivity contribution in [2.45, 2.75) is 0 Å². The normalized spacial score (nSPS) is 1.50. The number of hydrogen-bond donors (Lipinski definition) is 2. The van der Waals surface area contributed by atoms with Crippen LogP contribution in [0, 0.1) is 0 Å². The molecule has 22 valence electrons. The fraction of sp³-hybridized carbons (Fsp3) is 0. The van der Waals surface area contributed by atoms with Gasteiger partial charge in [0.1, 0.15) is 0 Å². The van der Waals surface area contributed by atoms with E-state index in [2.05, 4.69) is 0 Å². The van der Waals surface area contributed by atoms with Gasteiger partial charge in [-0.2, -0.15) is 0 Å². The van der Waals surface area contributed by atoms with Gasteiger partial charge in [-0.05, 0) is 0 Å². The molecule has 0 saturated heterocycles. The largest absolute Gasteiger partial charge is 1.00 e. The van der Waals surface area contributed by atoms with Crippen LogP contribution in [0.1, 0.15) is 1.43 Å². The topological polar surface area (TPSA) is 40.5 Å². The van der Waals surface area contributed by atoms with Gasteiger partial charge in [0.2, 0.25) is 0 Å². The summed E-state index contributed by atoms with van der Waals surface area (Å²) < 4.78 is 0. The zero-order valence-electron chi connectivity index (χ0n) is 2.89. The van der Waals surface area contributed by atoms with Gasteiger partial charge in [-0.25, -0.2) is 0 Å². The van der Waals surface area contributed by atoms with Gasteiger partial charge in [0.05, 0.1) is 0 Å². The van der Waals surface area contributed by atoms with Gasteiger partial charge in [0.25, 0.3) is 0 Å². The minimum Gasteiger partial charge on any atom is -1.00 e. The predicted octanol–water partition coefficient (Wildman–Crippen LogP) is -4.05. The van der Waals surface area contributed by atoms with Crippen LogP contribution in [0.4, 0.5) is 0 Å². The van der Waals surface area contributed by atoms with Crippen LogP contribution in [-0.2, 0) is 0 Å². The second-order valence-electron chi connectivity index (χ2n) is 0. The van der Waals surface area contributed by atoms with Crippen LogP contribution in [-0.4, -0.2) is 27.9 Å². The summed E-state index contributed by atoms with van der Waals surface area (Å²) in [4.78, 5) is 0. The van der Waals surface area contributed by atoms with E-state index in [1.54, 1.807) is 0 Å². The van der Waals surface area contributed by atoms with Gasteiger partial charge in [-0.3, -0.25) is 10.5 Å². The summed E-state index contributed by atoms with van der Waals surface area (Å²) in [5, 5.41) is 12.0. The molecule has 0 fully saturated rings. The van der Waals surface area contributed by atoms with Gasteiger partial charge in [0, 0.05) is 0 Å². The molecule has 0 spiro atoms. The molecule has 0 aromatic heterocycles. The zero-order valence-corrected chi connectivity index (χ0v) is 1.89. The van der Waals surface area contributed by atoms with E-state index in [0.29, 0.717) is 0 Å². The Hall–Kier alpha value is 1.05. The van der Waals surface area contributed by atoms with Crippen molar-refractivity contribution in [1.82, 2.24) is 0 Å². The van der Waals surface area contributed by atoms with Crippen LogP contribution in [0.3, 0.4) is 0 Å². The Balaban J connectivity index is -0.00000000167. The quantitative estimate of drug-likeness (QED) is 0.174. The smallest absolute Gasteiger partial charge is 1.00 e. The second-order valence-corrected chi connectivity index (χ2v) is 0. The molecule has 2 N–H and O–H groups in total. The van der Waals surface area contributed by atoms with E-state index in [-0.39, 0.29) is 37.6 Å². The first kappa shape index (κ1) is 19.7. The fourth-order valence-electron chi connectivity index (χ4n) is 0. The van der Waals surface area contributed by atoms with E-state index >= 15 is 0 Å². The first-order valence-electron chi connectivity index (χ1n) is 0.200. The van der Waals surface area contributed by atoms with E-state index in [1.807, 2.05) is 0 Å². The third-order valence-corrected chi connectivity index (χ3v) is 0. The molecule has 0 aliphatic heterocycles. The summed E-state index contributed by atoms with van der Waals surface area (Å²) in [7, 11) is 0. The first-order chi connectivity index (χ1) is 1.00. The van der Waals surface area contributed by atoms with Gasteiger partial charge in [-0.1, -0.05) is 0 Å². The summed E-state index contributed by atoms with van der Waals surface area (Å²) in [6, 6.07) is 0. The maximum Gasteiger partial charge on any atom is 1.00 e. The molecule has 4 heavy (non-hydrogen) atoms. The average molecular weight is 72.0 g/mol. The Kier molecular flexibility index (Phi) is 168. The Morgan fingerprint density at radius 3 is 1.25 bits per heavy atom. The monoisotopic (exact) mass is 72.0 g/mol. The summed E-state index contributed by atoms with van der Waals surface area (Å²) in [5.41, 5.74) is 0.